The van der Waals surface area contributed by atoms with Crippen LogP contribution in [0, 0.1) is 5.92 Å². The predicted octanol–water partition coefficient (Wildman–Crippen LogP) is 2.27. The number of benzene rings is 1. The molecule has 0 fully saturated rings. The van der Waals surface area contributed by atoms with Crippen molar-refractivity contribution < 1.29 is 0 Å². The van der Waals surface area contributed by atoms with E-state index in [1.54, 1.807) is 0 Å². The van der Waals surface area contributed by atoms with E-state index in [1.165, 1.54) is 11.3 Å². The van der Waals surface area contributed by atoms with Gasteiger partial charge in [0, 0.05) is 18.8 Å². The van der Waals surface area contributed by atoms with Crippen LogP contribution in [-0.2, 0) is 13.0 Å². The molecule has 19 heavy (non-hydrogen) atoms. The molecule has 2 heterocycles. The van der Waals surface area contributed by atoms with Crippen LogP contribution in [0.2, 0.25) is 0 Å². The molecule has 1 aromatic heterocycles. The number of aromatic nitrogens is 2. The molecule has 1 aliphatic rings. The Bertz CT molecular complexity index is 565. The minimum absolute atomic E-state index is 0.431. The van der Waals surface area contributed by atoms with Crippen LogP contribution in [0.4, 0.5) is 11.5 Å². The number of fused-ring (bicyclic) bond motifs is 1. The highest BCUT2D eigenvalue weighted by Crippen LogP contribution is 2.33. The van der Waals surface area contributed by atoms with E-state index in [0.29, 0.717) is 12.5 Å². The van der Waals surface area contributed by atoms with Crippen molar-refractivity contribution in [2.75, 3.05) is 11.4 Å². The molecule has 0 amide bonds. The first kappa shape index (κ1) is 12.1. The fourth-order valence-corrected chi connectivity index (χ4v) is 2.62. The molecule has 1 atom stereocenters. The molecule has 1 aromatic carbocycles. The number of anilines is 2. The van der Waals surface area contributed by atoms with Crippen molar-refractivity contribution in [1.82, 2.24) is 10.2 Å². The summed E-state index contributed by atoms with van der Waals surface area (Å²) in [6.45, 7) is 3.68. The highest BCUT2D eigenvalue weighted by atomic mass is 15.3. The van der Waals surface area contributed by atoms with Crippen molar-refractivity contribution in [3.05, 3.63) is 47.7 Å². The summed E-state index contributed by atoms with van der Waals surface area (Å²) in [5, 5.41) is 8.46. The normalized spacial score (nSPS) is 18.2. The Morgan fingerprint density at radius 3 is 2.79 bits per heavy atom. The summed E-state index contributed by atoms with van der Waals surface area (Å²) in [6, 6.07) is 12.5. The second-order valence-corrected chi connectivity index (χ2v) is 5.14. The molecule has 3 rings (SSSR count). The molecule has 1 aliphatic heterocycles. The lowest BCUT2D eigenvalue weighted by Gasteiger charge is -2.33. The molecule has 0 aliphatic carbocycles. The van der Waals surface area contributed by atoms with Crippen molar-refractivity contribution in [2.45, 2.75) is 19.9 Å². The van der Waals surface area contributed by atoms with Gasteiger partial charge in [0.1, 0.15) is 0 Å². The van der Waals surface area contributed by atoms with E-state index < -0.39 is 0 Å². The van der Waals surface area contributed by atoms with Gasteiger partial charge in [0.05, 0.1) is 5.69 Å². The summed E-state index contributed by atoms with van der Waals surface area (Å²) >= 11 is 0. The van der Waals surface area contributed by atoms with E-state index in [-0.39, 0.29) is 0 Å². The quantitative estimate of drug-likeness (QED) is 0.893. The minimum atomic E-state index is 0.431. The average molecular weight is 254 g/mol. The van der Waals surface area contributed by atoms with Gasteiger partial charge in [0.25, 0.3) is 0 Å². The molecule has 0 bridgehead atoms. The first-order valence-electron chi connectivity index (χ1n) is 6.66. The largest absolute Gasteiger partial charge is 0.325 e. The average Bonchev–Trinajstić information content (AvgIpc) is 2.46. The van der Waals surface area contributed by atoms with Crippen molar-refractivity contribution >= 4 is 11.5 Å². The van der Waals surface area contributed by atoms with Crippen LogP contribution >= 0.6 is 0 Å². The summed E-state index contributed by atoms with van der Waals surface area (Å²) in [4.78, 5) is 2.25. The highest BCUT2D eigenvalue weighted by molar-refractivity contribution is 5.65. The van der Waals surface area contributed by atoms with Gasteiger partial charge in [0.15, 0.2) is 5.82 Å². The van der Waals surface area contributed by atoms with Gasteiger partial charge in [-0.25, -0.2) is 0 Å². The fourth-order valence-electron chi connectivity index (χ4n) is 2.62. The van der Waals surface area contributed by atoms with Crippen molar-refractivity contribution in [1.29, 1.82) is 0 Å². The van der Waals surface area contributed by atoms with Gasteiger partial charge in [-0.3, -0.25) is 0 Å². The van der Waals surface area contributed by atoms with E-state index >= 15 is 0 Å². The van der Waals surface area contributed by atoms with Crippen molar-refractivity contribution in [3.63, 3.8) is 0 Å². The lowest BCUT2D eigenvalue weighted by atomic mass is 9.94. The number of nitrogens with zero attached hydrogens (tertiary/aromatic N) is 3. The molecule has 1 unspecified atom stereocenters. The molecule has 0 radical (unpaired) electrons. The summed E-state index contributed by atoms with van der Waals surface area (Å²) < 4.78 is 0. The number of rotatable bonds is 2. The van der Waals surface area contributed by atoms with Crippen LogP contribution in [0.5, 0.6) is 0 Å². The molecular weight excluding hydrogens is 236 g/mol. The Morgan fingerprint density at radius 1 is 1.21 bits per heavy atom. The SMILES string of the molecule is CC1Cc2ccccc2N(c2ccc(CN)nn2)C1. The lowest BCUT2D eigenvalue weighted by Crippen LogP contribution is -2.31. The summed E-state index contributed by atoms with van der Waals surface area (Å²) in [5.41, 5.74) is 9.01. The Kier molecular flexibility index (Phi) is 3.17. The summed E-state index contributed by atoms with van der Waals surface area (Å²) in [5.74, 6) is 1.52. The molecule has 0 saturated heterocycles. The summed E-state index contributed by atoms with van der Waals surface area (Å²) in [7, 11) is 0. The topological polar surface area (TPSA) is 55.0 Å². The monoisotopic (exact) mass is 254 g/mol. The predicted molar refractivity (Wildman–Crippen MR) is 76.2 cm³/mol. The maximum absolute atomic E-state index is 5.56. The lowest BCUT2D eigenvalue weighted by molar-refractivity contribution is 0.558. The molecular formula is C15H18N4. The summed E-state index contributed by atoms with van der Waals surface area (Å²) in [6.07, 6.45) is 1.13. The van der Waals surface area contributed by atoms with Crippen LogP contribution in [0.1, 0.15) is 18.2 Å². The Balaban J connectivity index is 1.99. The zero-order valence-corrected chi connectivity index (χ0v) is 11.1. The molecule has 0 spiro atoms. The zero-order chi connectivity index (χ0) is 13.2. The van der Waals surface area contributed by atoms with Gasteiger partial charge in [-0.2, -0.15) is 5.10 Å². The molecule has 98 valence electrons. The second kappa shape index (κ2) is 4.97. The number of nitrogens with two attached hydrogens (primary N) is 1. The second-order valence-electron chi connectivity index (χ2n) is 5.14. The molecule has 4 nitrogen and oxygen atoms in total. The maximum atomic E-state index is 5.56. The molecule has 4 heteroatoms. The minimum Gasteiger partial charge on any atom is -0.325 e. The van der Waals surface area contributed by atoms with E-state index in [9.17, 15) is 0 Å². The Morgan fingerprint density at radius 2 is 2.05 bits per heavy atom. The van der Waals surface area contributed by atoms with Crippen molar-refractivity contribution in [3.8, 4) is 0 Å². The van der Waals surface area contributed by atoms with Gasteiger partial charge in [0.2, 0.25) is 0 Å². The van der Waals surface area contributed by atoms with E-state index in [4.69, 9.17) is 5.73 Å². The first-order chi connectivity index (χ1) is 9.28. The van der Waals surface area contributed by atoms with Gasteiger partial charge < -0.3 is 10.6 Å². The van der Waals surface area contributed by atoms with Crippen LogP contribution < -0.4 is 10.6 Å². The van der Waals surface area contributed by atoms with Crippen molar-refractivity contribution in [2.24, 2.45) is 11.7 Å². The smallest absolute Gasteiger partial charge is 0.155 e. The van der Waals surface area contributed by atoms with Crippen LogP contribution in [-0.4, -0.2) is 16.7 Å². The van der Waals surface area contributed by atoms with Gasteiger partial charge in [-0.05, 0) is 36.1 Å². The standard InChI is InChI=1S/C15H18N4/c1-11-8-12-4-2-3-5-14(12)19(10-11)15-7-6-13(9-16)17-18-15/h2-7,11H,8-10,16H2,1H3. The van der Waals surface area contributed by atoms with Gasteiger partial charge >= 0.3 is 0 Å². The van der Waals surface area contributed by atoms with Crippen LogP contribution in [0.25, 0.3) is 0 Å². The van der Waals surface area contributed by atoms with Crippen LogP contribution in [0.15, 0.2) is 36.4 Å². The third kappa shape index (κ3) is 2.31. The molecule has 0 saturated carbocycles. The van der Waals surface area contributed by atoms with E-state index in [0.717, 1.165) is 24.5 Å². The number of para-hydroxylation sites is 1. The van der Waals surface area contributed by atoms with Crippen LogP contribution in [0.3, 0.4) is 0 Å². The third-order valence-electron chi connectivity index (χ3n) is 3.54. The number of hydrogen-bond acceptors (Lipinski definition) is 4. The van der Waals surface area contributed by atoms with Gasteiger partial charge in [-0.1, -0.05) is 25.1 Å². The Labute approximate surface area is 113 Å². The highest BCUT2D eigenvalue weighted by Gasteiger charge is 2.23. The molecule has 2 aromatic rings. The molecule has 2 N–H and O–H groups in total. The number of hydrogen-bond donors (Lipinski definition) is 1. The third-order valence-corrected chi connectivity index (χ3v) is 3.54. The Hall–Kier alpha value is -1.94. The zero-order valence-electron chi connectivity index (χ0n) is 11.1. The van der Waals surface area contributed by atoms with Gasteiger partial charge in [-0.15, -0.1) is 5.10 Å². The van der Waals surface area contributed by atoms with E-state index in [2.05, 4.69) is 46.3 Å². The fraction of sp³-hybridized carbons (Fsp3) is 0.333. The van der Waals surface area contributed by atoms with E-state index in [1.807, 2.05) is 12.1 Å². The first-order valence-corrected chi connectivity index (χ1v) is 6.66. The maximum Gasteiger partial charge on any atom is 0.155 e.